The van der Waals surface area contributed by atoms with Crippen molar-refractivity contribution >= 4 is 27.9 Å². The summed E-state index contributed by atoms with van der Waals surface area (Å²) in [6.07, 6.45) is -0.603. The van der Waals surface area contributed by atoms with Gasteiger partial charge in [0.25, 0.3) is 0 Å². The van der Waals surface area contributed by atoms with Crippen molar-refractivity contribution in [3.8, 4) is 0 Å². The smallest absolute Gasteiger partial charge is 0.313 e. The van der Waals surface area contributed by atoms with E-state index in [0.717, 1.165) is 0 Å². The van der Waals surface area contributed by atoms with Crippen LogP contribution in [0.5, 0.6) is 0 Å². The Balaban J connectivity index is 2.47. The first kappa shape index (κ1) is 13.3. The Labute approximate surface area is 113 Å². The van der Waals surface area contributed by atoms with Crippen LogP contribution in [-0.2, 0) is 23.8 Å². The molecule has 2 heterocycles. The van der Waals surface area contributed by atoms with Crippen LogP contribution in [0.3, 0.4) is 0 Å². The Morgan fingerprint density at radius 2 is 1.83 bits per heavy atom. The van der Waals surface area contributed by atoms with Gasteiger partial charge in [0.2, 0.25) is 0 Å². The van der Waals surface area contributed by atoms with Crippen LogP contribution in [0.2, 0.25) is 0 Å². The summed E-state index contributed by atoms with van der Waals surface area (Å²) >= 11 is 3.35. The molecule has 0 aromatic heterocycles. The van der Waals surface area contributed by atoms with Crippen LogP contribution in [0.1, 0.15) is 0 Å². The molecular formula is C12H13BrO5. The molecule has 0 aliphatic carbocycles. The van der Waals surface area contributed by atoms with Crippen molar-refractivity contribution in [3.05, 3.63) is 24.3 Å². The van der Waals surface area contributed by atoms with Gasteiger partial charge in [0, 0.05) is 0 Å². The Morgan fingerprint density at radius 3 is 2.33 bits per heavy atom. The number of alkyl halides is 1. The van der Waals surface area contributed by atoms with Crippen LogP contribution in [0, 0.1) is 11.8 Å². The normalized spacial score (nSPS) is 37.8. The average Bonchev–Trinajstić information content (AvgIpc) is 2.79. The van der Waals surface area contributed by atoms with E-state index in [1.807, 2.05) is 0 Å². The molecule has 2 bridgehead atoms. The molecular weight excluding hydrogens is 304 g/mol. The molecule has 6 heteroatoms. The van der Waals surface area contributed by atoms with Crippen LogP contribution in [0.15, 0.2) is 24.3 Å². The molecule has 0 radical (unpaired) electrons. The maximum atomic E-state index is 11.9. The lowest BCUT2D eigenvalue weighted by Gasteiger charge is -2.31. The number of hydrogen-bond donors (Lipinski definition) is 0. The summed E-state index contributed by atoms with van der Waals surface area (Å²) in [7, 11) is 2.53. The first-order chi connectivity index (χ1) is 8.38. The Kier molecular flexibility index (Phi) is 3.11. The number of carbonyl (C=O) groups excluding carboxylic acids is 2. The zero-order chi connectivity index (χ0) is 13.7. The highest BCUT2D eigenvalue weighted by molar-refractivity contribution is 9.10. The van der Waals surface area contributed by atoms with Crippen LogP contribution in [0.25, 0.3) is 0 Å². The van der Waals surface area contributed by atoms with Gasteiger partial charge in [0.05, 0.1) is 20.3 Å². The van der Waals surface area contributed by atoms with Crippen LogP contribution in [0.4, 0.5) is 0 Å². The lowest BCUT2D eigenvalue weighted by molar-refractivity contribution is -0.157. The third kappa shape index (κ3) is 1.48. The number of esters is 2. The lowest BCUT2D eigenvalue weighted by Crippen LogP contribution is -2.44. The molecule has 4 atom stereocenters. The van der Waals surface area contributed by atoms with Crippen LogP contribution >= 0.6 is 15.9 Å². The largest absolute Gasteiger partial charge is 0.469 e. The van der Waals surface area contributed by atoms with Gasteiger partial charge in [-0.3, -0.25) is 9.59 Å². The van der Waals surface area contributed by atoms with E-state index < -0.39 is 34.4 Å². The number of methoxy groups -OCH3 is 2. The number of carbonyl (C=O) groups is 2. The second-order valence-corrected chi connectivity index (χ2v) is 5.42. The fraction of sp³-hybridized carbons (Fsp3) is 0.500. The third-order valence-corrected chi connectivity index (χ3v) is 4.61. The van der Waals surface area contributed by atoms with Gasteiger partial charge < -0.3 is 14.2 Å². The minimum Gasteiger partial charge on any atom is -0.469 e. The Bertz CT molecular complexity index is 457. The molecule has 0 aromatic rings. The lowest BCUT2D eigenvalue weighted by atomic mass is 9.75. The number of rotatable bonds is 2. The van der Waals surface area contributed by atoms with E-state index >= 15 is 0 Å². The van der Waals surface area contributed by atoms with Crippen LogP contribution < -0.4 is 0 Å². The van der Waals surface area contributed by atoms with E-state index in [9.17, 15) is 9.59 Å². The molecule has 0 amide bonds. The van der Waals surface area contributed by atoms with Crippen molar-refractivity contribution in [1.29, 1.82) is 0 Å². The van der Waals surface area contributed by atoms with Crippen molar-refractivity contribution in [2.75, 3.05) is 14.2 Å². The molecule has 2 rings (SSSR count). The second kappa shape index (κ2) is 4.20. The summed E-state index contributed by atoms with van der Waals surface area (Å²) in [5.74, 6) is -2.65. The van der Waals surface area contributed by atoms with E-state index in [4.69, 9.17) is 14.2 Å². The second-order valence-electron chi connectivity index (χ2n) is 4.24. The highest BCUT2D eigenvalue weighted by atomic mass is 79.9. The number of hydrogen-bond acceptors (Lipinski definition) is 5. The summed E-state index contributed by atoms with van der Waals surface area (Å²) in [6.45, 7) is 7.68. The fourth-order valence-electron chi connectivity index (χ4n) is 2.50. The topological polar surface area (TPSA) is 61.8 Å². The maximum absolute atomic E-state index is 11.9. The van der Waals surface area contributed by atoms with Crippen molar-refractivity contribution in [1.82, 2.24) is 0 Å². The number of halogens is 1. The molecule has 0 aromatic carbocycles. The molecule has 2 fully saturated rings. The van der Waals surface area contributed by atoms with Crippen molar-refractivity contribution in [2.45, 2.75) is 10.6 Å². The molecule has 2 aliphatic heterocycles. The molecule has 98 valence electrons. The Hall–Kier alpha value is -1.14. The van der Waals surface area contributed by atoms with Crippen molar-refractivity contribution in [2.24, 2.45) is 11.8 Å². The zero-order valence-corrected chi connectivity index (χ0v) is 11.7. The van der Waals surface area contributed by atoms with Gasteiger partial charge in [0.1, 0.15) is 11.8 Å². The van der Waals surface area contributed by atoms with E-state index in [1.165, 1.54) is 14.2 Å². The molecule has 0 N–H and O–H groups in total. The van der Waals surface area contributed by atoms with Crippen molar-refractivity contribution in [3.63, 3.8) is 0 Å². The number of fused-ring (bicyclic) bond motifs is 2. The Morgan fingerprint density at radius 1 is 1.28 bits per heavy atom. The minimum absolute atomic E-state index is 0.523. The summed E-state index contributed by atoms with van der Waals surface area (Å²) in [6, 6.07) is 0. The SMILES string of the molecule is C=C1C(=C)[C@@]2(Br)O[C@@H]1[C@H](C(=O)OC)[C@@H]2C(=O)OC. The minimum atomic E-state index is -1.12. The number of ether oxygens (including phenoxy) is 3. The van der Waals surface area contributed by atoms with Gasteiger partial charge in [-0.05, 0) is 27.1 Å². The highest BCUT2D eigenvalue weighted by Gasteiger charge is 2.68. The summed E-state index contributed by atoms with van der Waals surface area (Å²) in [4.78, 5) is 23.7. The summed E-state index contributed by atoms with van der Waals surface area (Å²) in [5, 5.41) is 0. The summed E-state index contributed by atoms with van der Waals surface area (Å²) < 4.78 is 14.0. The summed E-state index contributed by atoms with van der Waals surface area (Å²) in [5.41, 5.74) is 1.16. The molecule has 5 nitrogen and oxygen atoms in total. The van der Waals surface area contributed by atoms with Gasteiger partial charge in [-0.15, -0.1) is 0 Å². The predicted octanol–water partition coefficient (Wildman–Crippen LogP) is 1.18. The first-order valence-electron chi connectivity index (χ1n) is 5.29. The van der Waals surface area contributed by atoms with Crippen LogP contribution in [-0.4, -0.2) is 36.8 Å². The van der Waals surface area contributed by atoms with Gasteiger partial charge in [-0.2, -0.15) is 0 Å². The maximum Gasteiger partial charge on any atom is 0.313 e. The molecule has 2 saturated heterocycles. The predicted molar refractivity (Wildman–Crippen MR) is 65.8 cm³/mol. The molecule has 2 aliphatic rings. The van der Waals surface area contributed by atoms with Gasteiger partial charge >= 0.3 is 11.9 Å². The zero-order valence-electron chi connectivity index (χ0n) is 10.1. The average molecular weight is 317 g/mol. The van der Waals surface area contributed by atoms with Crippen molar-refractivity contribution < 1.29 is 23.8 Å². The fourth-order valence-corrected chi connectivity index (χ4v) is 3.42. The molecule has 18 heavy (non-hydrogen) atoms. The standard InChI is InChI=1S/C12H13BrO5/c1-5-6(2)12(13)8(11(15)17-4)7(9(5)18-12)10(14)16-3/h7-9H,1-2H2,3-4H3/t7-,8-,9+,12-/m1/s1. The molecule has 0 unspecified atom stereocenters. The third-order valence-electron chi connectivity index (χ3n) is 3.45. The van der Waals surface area contributed by atoms with E-state index in [0.29, 0.717) is 11.1 Å². The van der Waals surface area contributed by atoms with Gasteiger partial charge in [0.15, 0.2) is 4.51 Å². The molecule has 0 saturated carbocycles. The van der Waals surface area contributed by atoms with Gasteiger partial charge in [-0.1, -0.05) is 13.2 Å². The first-order valence-corrected chi connectivity index (χ1v) is 6.08. The monoisotopic (exact) mass is 316 g/mol. The van der Waals surface area contributed by atoms with E-state index in [-0.39, 0.29) is 0 Å². The van der Waals surface area contributed by atoms with E-state index in [2.05, 4.69) is 29.1 Å². The quantitative estimate of drug-likeness (QED) is 0.565. The molecule has 0 spiro atoms. The highest BCUT2D eigenvalue weighted by Crippen LogP contribution is 2.59. The van der Waals surface area contributed by atoms with Gasteiger partial charge in [-0.25, -0.2) is 0 Å². The van der Waals surface area contributed by atoms with E-state index in [1.54, 1.807) is 0 Å².